The number of rotatable bonds is 7. The van der Waals surface area contributed by atoms with E-state index in [-0.39, 0.29) is 17.6 Å². The minimum absolute atomic E-state index is 0.0664. The highest BCUT2D eigenvalue weighted by Crippen LogP contribution is 2.26. The first kappa shape index (κ1) is 20.5. The van der Waals surface area contributed by atoms with Crippen LogP contribution in [0.3, 0.4) is 0 Å². The van der Waals surface area contributed by atoms with Crippen molar-refractivity contribution in [1.82, 2.24) is 4.90 Å². The largest absolute Gasteiger partial charge is 0.369 e. The summed E-state index contributed by atoms with van der Waals surface area (Å²) in [6.07, 6.45) is 0. The fraction of sp³-hybridized carbons (Fsp3) is 0.300. The van der Waals surface area contributed by atoms with Crippen molar-refractivity contribution in [3.05, 3.63) is 53.6 Å². The summed E-state index contributed by atoms with van der Waals surface area (Å²) in [5.74, 6) is -0.273. The van der Waals surface area contributed by atoms with Gasteiger partial charge in [0.05, 0.1) is 18.0 Å². The Balaban J connectivity index is 1.51. The highest BCUT2D eigenvalue weighted by atomic mass is 35.5. The first-order valence-corrected chi connectivity index (χ1v) is 10.4. The Morgan fingerprint density at radius 2 is 1.82 bits per heavy atom. The molecule has 2 amide bonds. The Bertz CT molecular complexity index is 840. The van der Waals surface area contributed by atoms with Gasteiger partial charge in [-0.1, -0.05) is 29.8 Å². The fourth-order valence-electron chi connectivity index (χ4n) is 3.07. The SMILES string of the molecule is NC(=O)CSc1ccccc1NC(=O)CN1CCN(c2cccc(Cl)c2)CC1. The van der Waals surface area contributed by atoms with Crippen molar-refractivity contribution < 1.29 is 9.59 Å². The van der Waals surface area contributed by atoms with Gasteiger partial charge in [0.15, 0.2) is 0 Å². The highest BCUT2D eigenvalue weighted by molar-refractivity contribution is 8.00. The molecule has 0 saturated carbocycles. The zero-order chi connectivity index (χ0) is 19.9. The lowest BCUT2D eigenvalue weighted by atomic mass is 10.2. The molecule has 2 aromatic rings. The number of halogens is 1. The third kappa shape index (κ3) is 5.89. The third-order valence-electron chi connectivity index (χ3n) is 4.44. The number of hydrogen-bond donors (Lipinski definition) is 2. The second kappa shape index (κ2) is 9.82. The zero-order valence-corrected chi connectivity index (χ0v) is 17.0. The van der Waals surface area contributed by atoms with Crippen LogP contribution in [0, 0.1) is 0 Å². The Morgan fingerprint density at radius 3 is 2.54 bits per heavy atom. The molecule has 28 heavy (non-hydrogen) atoms. The summed E-state index contributed by atoms with van der Waals surface area (Å²) in [7, 11) is 0. The number of nitrogens with two attached hydrogens (primary N) is 1. The number of piperazine rings is 1. The number of amides is 2. The van der Waals surface area contributed by atoms with Gasteiger partial charge in [0.1, 0.15) is 0 Å². The minimum atomic E-state index is -0.385. The molecular formula is C20H23ClN4O2S. The maximum Gasteiger partial charge on any atom is 0.238 e. The maximum absolute atomic E-state index is 12.5. The molecule has 6 nitrogen and oxygen atoms in total. The molecule has 1 saturated heterocycles. The molecular weight excluding hydrogens is 396 g/mol. The quantitative estimate of drug-likeness (QED) is 0.676. The van der Waals surface area contributed by atoms with E-state index in [1.54, 1.807) is 0 Å². The Kier molecular flexibility index (Phi) is 7.19. The molecule has 0 aliphatic carbocycles. The van der Waals surface area contributed by atoms with Crippen molar-refractivity contribution >= 4 is 46.6 Å². The van der Waals surface area contributed by atoms with Gasteiger partial charge in [0, 0.05) is 41.8 Å². The van der Waals surface area contributed by atoms with Gasteiger partial charge >= 0.3 is 0 Å². The molecule has 2 aromatic carbocycles. The lowest BCUT2D eigenvalue weighted by Gasteiger charge is -2.35. The topological polar surface area (TPSA) is 78.7 Å². The Labute approximate surface area is 174 Å². The number of anilines is 2. The Hall–Kier alpha value is -2.22. The third-order valence-corrected chi connectivity index (χ3v) is 5.77. The fourth-order valence-corrected chi connectivity index (χ4v) is 4.01. The lowest BCUT2D eigenvalue weighted by Crippen LogP contribution is -2.48. The number of primary amides is 1. The summed E-state index contributed by atoms with van der Waals surface area (Å²) in [5, 5.41) is 3.68. The van der Waals surface area contributed by atoms with Crippen molar-refractivity contribution in [3.63, 3.8) is 0 Å². The van der Waals surface area contributed by atoms with Crippen LogP contribution >= 0.6 is 23.4 Å². The van der Waals surface area contributed by atoms with E-state index in [9.17, 15) is 9.59 Å². The molecule has 0 radical (unpaired) electrons. The molecule has 1 heterocycles. The molecule has 0 unspecified atom stereocenters. The predicted octanol–water partition coefficient (Wildman–Crippen LogP) is 2.68. The standard InChI is InChI=1S/C20H23ClN4O2S/c21-15-4-3-5-16(12-15)25-10-8-24(9-11-25)13-20(27)23-17-6-1-2-7-18(17)28-14-19(22)26/h1-7,12H,8-11,13-14H2,(H2,22,26)(H,23,27). The van der Waals surface area contributed by atoms with E-state index < -0.39 is 0 Å². The summed E-state index contributed by atoms with van der Waals surface area (Å²) in [5.41, 5.74) is 7.02. The predicted molar refractivity (Wildman–Crippen MR) is 115 cm³/mol. The molecule has 1 aliphatic heterocycles. The van der Waals surface area contributed by atoms with Gasteiger partial charge in [-0.3, -0.25) is 14.5 Å². The molecule has 0 bridgehead atoms. The van der Waals surface area contributed by atoms with E-state index in [1.807, 2.05) is 42.5 Å². The van der Waals surface area contributed by atoms with Gasteiger partial charge in [-0.05, 0) is 30.3 Å². The summed E-state index contributed by atoms with van der Waals surface area (Å²) in [6.45, 7) is 3.63. The molecule has 0 aromatic heterocycles. The second-order valence-corrected chi connectivity index (χ2v) is 8.00. The summed E-state index contributed by atoms with van der Waals surface area (Å²) < 4.78 is 0. The van der Waals surface area contributed by atoms with Crippen LogP contribution in [0.25, 0.3) is 0 Å². The van der Waals surface area contributed by atoms with Crippen molar-refractivity contribution in [1.29, 1.82) is 0 Å². The van der Waals surface area contributed by atoms with Gasteiger partial charge in [-0.25, -0.2) is 0 Å². The van der Waals surface area contributed by atoms with E-state index in [2.05, 4.69) is 21.2 Å². The summed E-state index contributed by atoms with van der Waals surface area (Å²) in [6, 6.07) is 15.3. The molecule has 8 heteroatoms. The van der Waals surface area contributed by atoms with E-state index >= 15 is 0 Å². The number of carbonyl (C=O) groups is 2. The number of hydrogen-bond acceptors (Lipinski definition) is 5. The molecule has 3 N–H and O–H groups in total. The monoisotopic (exact) mass is 418 g/mol. The number of carbonyl (C=O) groups excluding carboxylic acids is 2. The number of benzene rings is 2. The molecule has 148 valence electrons. The van der Waals surface area contributed by atoms with Crippen LogP contribution in [0.1, 0.15) is 0 Å². The second-order valence-electron chi connectivity index (χ2n) is 6.54. The van der Waals surface area contributed by atoms with E-state index in [0.717, 1.165) is 41.8 Å². The molecule has 1 fully saturated rings. The average Bonchev–Trinajstić information content (AvgIpc) is 2.68. The molecule has 0 atom stereocenters. The van der Waals surface area contributed by atoms with Crippen LogP contribution in [0.2, 0.25) is 5.02 Å². The molecule has 1 aliphatic rings. The van der Waals surface area contributed by atoms with Crippen LogP contribution < -0.4 is 16.0 Å². The van der Waals surface area contributed by atoms with Crippen LogP contribution in [0.5, 0.6) is 0 Å². The molecule has 3 rings (SSSR count). The number of nitrogens with one attached hydrogen (secondary N) is 1. The van der Waals surface area contributed by atoms with Crippen molar-refractivity contribution in [2.45, 2.75) is 4.90 Å². The van der Waals surface area contributed by atoms with Gasteiger partial charge in [0.25, 0.3) is 0 Å². The van der Waals surface area contributed by atoms with Crippen molar-refractivity contribution in [2.75, 3.05) is 48.7 Å². The number of nitrogens with zero attached hydrogens (tertiary/aromatic N) is 2. The average molecular weight is 419 g/mol. The zero-order valence-electron chi connectivity index (χ0n) is 15.4. The number of thioether (sulfide) groups is 1. The smallest absolute Gasteiger partial charge is 0.238 e. The summed E-state index contributed by atoms with van der Waals surface area (Å²) >= 11 is 7.40. The van der Waals surface area contributed by atoms with E-state index in [4.69, 9.17) is 17.3 Å². The van der Waals surface area contributed by atoms with Crippen LogP contribution in [0.4, 0.5) is 11.4 Å². The van der Waals surface area contributed by atoms with Crippen molar-refractivity contribution in [2.24, 2.45) is 5.73 Å². The highest BCUT2D eigenvalue weighted by Gasteiger charge is 2.20. The van der Waals surface area contributed by atoms with Gasteiger partial charge < -0.3 is 16.0 Å². The Morgan fingerprint density at radius 1 is 1.07 bits per heavy atom. The normalized spacial score (nSPS) is 14.7. The van der Waals surface area contributed by atoms with Gasteiger partial charge in [-0.2, -0.15) is 0 Å². The maximum atomic E-state index is 12.5. The lowest BCUT2D eigenvalue weighted by molar-refractivity contribution is -0.117. The van der Waals surface area contributed by atoms with Crippen molar-refractivity contribution in [3.8, 4) is 0 Å². The van der Waals surface area contributed by atoms with Gasteiger partial charge in [-0.15, -0.1) is 11.8 Å². The van der Waals surface area contributed by atoms with Crippen LogP contribution in [-0.4, -0.2) is 55.2 Å². The number of para-hydroxylation sites is 1. The first-order chi connectivity index (χ1) is 13.5. The minimum Gasteiger partial charge on any atom is -0.369 e. The van der Waals surface area contributed by atoms with Crippen LogP contribution in [0.15, 0.2) is 53.4 Å². The van der Waals surface area contributed by atoms with Gasteiger partial charge in [0.2, 0.25) is 11.8 Å². The van der Waals surface area contributed by atoms with E-state index in [1.165, 1.54) is 11.8 Å². The summed E-state index contributed by atoms with van der Waals surface area (Å²) in [4.78, 5) is 28.7. The first-order valence-electron chi connectivity index (χ1n) is 9.04. The van der Waals surface area contributed by atoms with Crippen LogP contribution in [-0.2, 0) is 9.59 Å². The molecule has 0 spiro atoms. The van der Waals surface area contributed by atoms with E-state index in [0.29, 0.717) is 12.2 Å².